The summed E-state index contributed by atoms with van der Waals surface area (Å²) < 4.78 is 38.8. The monoisotopic (exact) mass is 256 g/mol. The highest BCUT2D eigenvalue weighted by Gasteiger charge is 2.36. The van der Waals surface area contributed by atoms with Crippen molar-refractivity contribution in [3.05, 3.63) is 35.4 Å². The summed E-state index contributed by atoms with van der Waals surface area (Å²) in [6.07, 6.45) is -0.908. The number of Topliss-reactive ketones (excluding diaryl/α,β-unsaturated/α-hetero) is 1. The molecule has 1 aromatic carbocycles. The minimum absolute atomic E-state index is 0.0517. The van der Waals surface area contributed by atoms with Crippen molar-refractivity contribution in [2.45, 2.75) is 44.2 Å². The standard InChI is InChI=1S/C14H15F3O/c15-14(16,17)12-8-5-4-6-10(12)11-7-2-1-3-9-13(11)18/h4-6,8,11H,1-3,7,9H2. The van der Waals surface area contributed by atoms with Crippen molar-refractivity contribution in [3.8, 4) is 0 Å². The Hall–Kier alpha value is -1.32. The van der Waals surface area contributed by atoms with E-state index >= 15 is 0 Å². The van der Waals surface area contributed by atoms with E-state index < -0.39 is 17.7 Å². The summed E-state index contributed by atoms with van der Waals surface area (Å²) in [6, 6.07) is 5.44. The van der Waals surface area contributed by atoms with Crippen LogP contribution in [0.15, 0.2) is 24.3 Å². The summed E-state index contributed by atoms with van der Waals surface area (Å²) in [6.45, 7) is 0. The first-order valence-corrected chi connectivity index (χ1v) is 6.19. The number of hydrogen-bond acceptors (Lipinski definition) is 1. The third kappa shape index (κ3) is 2.74. The number of carbonyl (C=O) groups excluding carboxylic acids is 1. The molecule has 18 heavy (non-hydrogen) atoms. The third-order valence-electron chi connectivity index (χ3n) is 3.45. The Bertz CT molecular complexity index is 437. The molecule has 1 fully saturated rings. The van der Waals surface area contributed by atoms with Crippen molar-refractivity contribution < 1.29 is 18.0 Å². The molecule has 1 aromatic rings. The van der Waals surface area contributed by atoms with Crippen molar-refractivity contribution in [2.24, 2.45) is 0 Å². The summed E-state index contributed by atoms with van der Waals surface area (Å²) in [5, 5.41) is 0. The fraction of sp³-hybridized carbons (Fsp3) is 0.500. The molecule has 1 aliphatic rings. The summed E-state index contributed by atoms with van der Waals surface area (Å²) in [5.74, 6) is -0.630. The van der Waals surface area contributed by atoms with E-state index in [0.29, 0.717) is 12.8 Å². The molecule has 4 heteroatoms. The normalized spacial score (nSPS) is 21.7. The first-order valence-electron chi connectivity index (χ1n) is 6.19. The zero-order valence-electron chi connectivity index (χ0n) is 9.96. The highest BCUT2D eigenvalue weighted by atomic mass is 19.4. The Balaban J connectivity index is 2.40. The summed E-state index contributed by atoms with van der Waals surface area (Å²) in [5.41, 5.74) is -0.512. The van der Waals surface area contributed by atoms with Crippen molar-refractivity contribution >= 4 is 5.78 Å². The van der Waals surface area contributed by atoms with Crippen LogP contribution in [0.5, 0.6) is 0 Å². The smallest absolute Gasteiger partial charge is 0.299 e. The molecule has 0 aliphatic heterocycles. The molecule has 1 nitrogen and oxygen atoms in total. The van der Waals surface area contributed by atoms with Gasteiger partial charge in [0.15, 0.2) is 0 Å². The minimum Gasteiger partial charge on any atom is -0.299 e. The van der Waals surface area contributed by atoms with Crippen LogP contribution in [-0.4, -0.2) is 5.78 Å². The van der Waals surface area contributed by atoms with E-state index in [4.69, 9.17) is 0 Å². The molecule has 1 saturated carbocycles. The lowest BCUT2D eigenvalue weighted by Gasteiger charge is -2.19. The summed E-state index contributed by atoms with van der Waals surface area (Å²) >= 11 is 0. The average molecular weight is 256 g/mol. The Morgan fingerprint density at radius 2 is 1.78 bits per heavy atom. The Kier molecular flexibility index (Phi) is 3.73. The first kappa shape index (κ1) is 13.1. The SMILES string of the molecule is O=C1CCCCCC1c1ccccc1C(F)(F)F. The maximum atomic E-state index is 12.9. The highest BCUT2D eigenvalue weighted by Crippen LogP contribution is 2.38. The second-order valence-electron chi connectivity index (χ2n) is 4.70. The van der Waals surface area contributed by atoms with Gasteiger partial charge in [0.1, 0.15) is 5.78 Å². The van der Waals surface area contributed by atoms with E-state index in [2.05, 4.69) is 0 Å². The number of alkyl halides is 3. The van der Waals surface area contributed by atoms with Crippen LogP contribution in [-0.2, 0) is 11.0 Å². The van der Waals surface area contributed by atoms with Gasteiger partial charge in [-0.2, -0.15) is 13.2 Å². The lowest BCUT2D eigenvalue weighted by molar-refractivity contribution is -0.138. The van der Waals surface area contributed by atoms with E-state index in [0.717, 1.165) is 25.3 Å². The van der Waals surface area contributed by atoms with Crippen LogP contribution in [0.4, 0.5) is 13.2 Å². The minimum atomic E-state index is -4.39. The van der Waals surface area contributed by atoms with Gasteiger partial charge in [-0.15, -0.1) is 0 Å². The van der Waals surface area contributed by atoms with Gasteiger partial charge in [-0.3, -0.25) is 4.79 Å². The highest BCUT2D eigenvalue weighted by molar-refractivity contribution is 5.86. The zero-order chi connectivity index (χ0) is 13.2. The average Bonchev–Trinajstić information content (AvgIpc) is 2.53. The fourth-order valence-electron chi connectivity index (χ4n) is 2.55. The van der Waals surface area contributed by atoms with Gasteiger partial charge < -0.3 is 0 Å². The van der Waals surface area contributed by atoms with Crippen LogP contribution in [0, 0.1) is 0 Å². The van der Waals surface area contributed by atoms with Crippen LogP contribution in [0.2, 0.25) is 0 Å². The Morgan fingerprint density at radius 1 is 1.06 bits per heavy atom. The number of halogens is 3. The quantitative estimate of drug-likeness (QED) is 0.684. The van der Waals surface area contributed by atoms with Crippen molar-refractivity contribution in [2.75, 3.05) is 0 Å². The lowest BCUT2D eigenvalue weighted by Crippen LogP contribution is -2.17. The molecule has 0 aromatic heterocycles. The topological polar surface area (TPSA) is 17.1 Å². The van der Waals surface area contributed by atoms with E-state index in [-0.39, 0.29) is 11.3 Å². The van der Waals surface area contributed by atoms with E-state index in [1.165, 1.54) is 12.1 Å². The predicted molar refractivity (Wildman–Crippen MR) is 62.3 cm³/mol. The van der Waals surface area contributed by atoms with Gasteiger partial charge in [0.25, 0.3) is 0 Å². The predicted octanol–water partition coefficient (Wildman–Crippen LogP) is 4.32. The van der Waals surface area contributed by atoms with Crippen LogP contribution in [0.25, 0.3) is 0 Å². The number of benzene rings is 1. The molecule has 2 rings (SSSR count). The molecule has 0 spiro atoms. The van der Waals surface area contributed by atoms with Crippen LogP contribution < -0.4 is 0 Å². The second-order valence-corrected chi connectivity index (χ2v) is 4.70. The van der Waals surface area contributed by atoms with E-state index in [9.17, 15) is 18.0 Å². The number of rotatable bonds is 1. The molecule has 98 valence electrons. The second kappa shape index (κ2) is 5.12. The van der Waals surface area contributed by atoms with Gasteiger partial charge >= 0.3 is 6.18 Å². The maximum absolute atomic E-state index is 12.9. The van der Waals surface area contributed by atoms with Crippen LogP contribution in [0.1, 0.15) is 49.1 Å². The molecule has 0 N–H and O–H groups in total. The molecule has 1 unspecified atom stereocenters. The maximum Gasteiger partial charge on any atom is 0.416 e. The summed E-state index contributed by atoms with van der Waals surface area (Å²) in [7, 11) is 0. The summed E-state index contributed by atoms with van der Waals surface area (Å²) in [4.78, 5) is 11.9. The largest absolute Gasteiger partial charge is 0.416 e. The number of carbonyl (C=O) groups is 1. The van der Waals surface area contributed by atoms with Gasteiger partial charge in [0, 0.05) is 12.3 Å². The molecule has 0 saturated heterocycles. The molecular formula is C14H15F3O. The Morgan fingerprint density at radius 3 is 2.50 bits per heavy atom. The van der Waals surface area contributed by atoms with E-state index in [1.807, 2.05) is 0 Å². The van der Waals surface area contributed by atoms with Crippen molar-refractivity contribution in [1.82, 2.24) is 0 Å². The lowest BCUT2D eigenvalue weighted by atomic mass is 9.87. The molecular weight excluding hydrogens is 241 g/mol. The number of ketones is 1. The molecule has 0 radical (unpaired) electrons. The van der Waals surface area contributed by atoms with Crippen LogP contribution >= 0.6 is 0 Å². The fourth-order valence-corrected chi connectivity index (χ4v) is 2.55. The van der Waals surface area contributed by atoms with Crippen LogP contribution in [0.3, 0.4) is 0 Å². The third-order valence-corrected chi connectivity index (χ3v) is 3.45. The zero-order valence-corrected chi connectivity index (χ0v) is 9.96. The molecule has 1 atom stereocenters. The van der Waals surface area contributed by atoms with Gasteiger partial charge in [-0.1, -0.05) is 31.0 Å². The first-order chi connectivity index (χ1) is 8.50. The van der Waals surface area contributed by atoms with Gasteiger partial charge in [-0.25, -0.2) is 0 Å². The molecule has 1 aliphatic carbocycles. The van der Waals surface area contributed by atoms with Gasteiger partial charge in [-0.05, 0) is 24.5 Å². The Labute approximate surface area is 104 Å². The van der Waals surface area contributed by atoms with E-state index in [1.54, 1.807) is 6.07 Å². The molecule has 0 bridgehead atoms. The van der Waals surface area contributed by atoms with Gasteiger partial charge in [0.2, 0.25) is 0 Å². The number of hydrogen-bond donors (Lipinski definition) is 0. The molecule has 0 heterocycles. The van der Waals surface area contributed by atoms with Gasteiger partial charge in [0.05, 0.1) is 5.56 Å². The van der Waals surface area contributed by atoms with Crippen molar-refractivity contribution in [1.29, 1.82) is 0 Å². The molecule has 0 amide bonds. The van der Waals surface area contributed by atoms with Crippen molar-refractivity contribution in [3.63, 3.8) is 0 Å².